The first kappa shape index (κ1) is 15.0. The predicted octanol–water partition coefficient (Wildman–Crippen LogP) is 1.50. The molecule has 0 aliphatic carbocycles. The van der Waals surface area contributed by atoms with Crippen LogP contribution >= 0.6 is 11.3 Å². The first-order chi connectivity index (χ1) is 9.49. The fourth-order valence-corrected chi connectivity index (χ4v) is 2.82. The molecule has 6 heteroatoms. The van der Waals surface area contributed by atoms with Crippen LogP contribution in [0.5, 0.6) is 0 Å². The molecule has 1 aromatic heterocycles. The summed E-state index contributed by atoms with van der Waals surface area (Å²) in [6, 6.07) is 3.08. The van der Waals surface area contributed by atoms with Gasteiger partial charge in [-0.1, -0.05) is 6.07 Å². The highest BCUT2D eigenvalue weighted by atomic mass is 32.1. The van der Waals surface area contributed by atoms with Gasteiger partial charge in [-0.15, -0.1) is 11.3 Å². The van der Waals surface area contributed by atoms with Gasteiger partial charge in [-0.25, -0.2) is 0 Å². The Labute approximate surface area is 122 Å². The molecule has 1 saturated heterocycles. The van der Waals surface area contributed by atoms with E-state index in [9.17, 15) is 9.59 Å². The lowest BCUT2D eigenvalue weighted by Crippen LogP contribution is -2.55. The van der Waals surface area contributed by atoms with Crippen LogP contribution < -0.4 is 5.32 Å². The summed E-state index contributed by atoms with van der Waals surface area (Å²) < 4.78 is 5.51. The summed E-state index contributed by atoms with van der Waals surface area (Å²) >= 11 is 1.36. The van der Waals surface area contributed by atoms with Gasteiger partial charge in [0.15, 0.2) is 0 Å². The molecule has 110 valence electrons. The predicted molar refractivity (Wildman–Crippen MR) is 77.8 cm³/mol. The zero-order valence-electron chi connectivity index (χ0n) is 12.0. The molecule has 0 saturated carbocycles. The number of nitrogens with one attached hydrogen (secondary N) is 1. The van der Waals surface area contributed by atoms with Crippen LogP contribution in [0.4, 0.5) is 0 Å². The summed E-state index contributed by atoms with van der Waals surface area (Å²) in [7, 11) is 0. The summed E-state index contributed by atoms with van der Waals surface area (Å²) in [5.41, 5.74) is 0. The fourth-order valence-electron chi connectivity index (χ4n) is 2.20. The Morgan fingerprint density at radius 2 is 2.25 bits per heavy atom. The number of morpholine rings is 1. The van der Waals surface area contributed by atoms with Crippen molar-refractivity contribution in [2.24, 2.45) is 0 Å². The first-order valence-corrected chi connectivity index (χ1v) is 7.63. The second-order valence-corrected chi connectivity index (χ2v) is 6.10. The van der Waals surface area contributed by atoms with E-state index in [1.165, 1.54) is 11.3 Å². The molecule has 20 heavy (non-hydrogen) atoms. The van der Waals surface area contributed by atoms with Gasteiger partial charge in [0, 0.05) is 6.54 Å². The number of hydrogen-bond donors (Lipinski definition) is 1. The number of hydrogen-bond acceptors (Lipinski definition) is 4. The minimum Gasteiger partial charge on any atom is -0.375 e. The lowest BCUT2D eigenvalue weighted by Gasteiger charge is -2.38. The highest BCUT2D eigenvalue weighted by Crippen LogP contribution is 2.13. The van der Waals surface area contributed by atoms with Crippen molar-refractivity contribution in [3.63, 3.8) is 0 Å². The highest BCUT2D eigenvalue weighted by molar-refractivity contribution is 7.12. The van der Waals surface area contributed by atoms with Crippen LogP contribution in [0.2, 0.25) is 0 Å². The molecule has 1 N–H and O–H groups in total. The molecule has 2 heterocycles. The van der Waals surface area contributed by atoms with Gasteiger partial charge in [-0.2, -0.15) is 0 Å². The zero-order chi connectivity index (χ0) is 14.7. The maximum absolute atomic E-state index is 12.4. The van der Waals surface area contributed by atoms with Gasteiger partial charge in [0.2, 0.25) is 5.91 Å². The van der Waals surface area contributed by atoms with Gasteiger partial charge in [-0.05, 0) is 32.2 Å². The molecule has 1 aliphatic heterocycles. The Hall–Kier alpha value is -1.40. The van der Waals surface area contributed by atoms with E-state index in [2.05, 4.69) is 5.32 Å². The Morgan fingerprint density at radius 3 is 2.90 bits per heavy atom. The molecule has 0 aromatic carbocycles. The fraction of sp³-hybridized carbons (Fsp3) is 0.571. The van der Waals surface area contributed by atoms with E-state index >= 15 is 0 Å². The third-order valence-corrected chi connectivity index (χ3v) is 4.22. The van der Waals surface area contributed by atoms with Crippen molar-refractivity contribution in [3.05, 3.63) is 22.4 Å². The molecule has 0 radical (unpaired) electrons. The number of rotatable bonds is 3. The van der Waals surface area contributed by atoms with Crippen molar-refractivity contribution in [1.29, 1.82) is 0 Å². The van der Waals surface area contributed by atoms with E-state index in [1.54, 1.807) is 17.9 Å². The van der Waals surface area contributed by atoms with Crippen LogP contribution in [0.25, 0.3) is 0 Å². The highest BCUT2D eigenvalue weighted by Gasteiger charge is 2.31. The molecule has 1 fully saturated rings. The Bertz CT molecular complexity index is 475. The molecule has 0 bridgehead atoms. The maximum atomic E-state index is 12.4. The molecule has 5 nitrogen and oxygen atoms in total. The van der Waals surface area contributed by atoms with Crippen LogP contribution in [0.3, 0.4) is 0 Å². The Balaban J connectivity index is 1.96. The van der Waals surface area contributed by atoms with Crippen LogP contribution in [-0.4, -0.2) is 48.1 Å². The summed E-state index contributed by atoms with van der Waals surface area (Å²) in [5.74, 6) is -0.257. The van der Waals surface area contributed by atoms with Gasteiger partial charge in [0.05, 0.1) is 23.6 Å². The summed E-state index contributed by atoms with van der Waals surface area (Å²) in [6.45, 7) is 6.73. The van der Waals surface area contributed by atoms with Crippen LogP contribution in [0, 0.1) is 0 Å². The number of amides is 2. The number of thiophene rings is 1. The van der Waals surface area contributed by atoms with E-state index in [4.69, 9.17) is 4.74 Å². The first-order valence-electron chi connectivity index (χ1n) is 6.75. The quantitative estimate of drug-likeness (QED) is 0.919. The lowest BCUT2D eigenvalue weighted by molar-refractivity contribution is -0.144. The molecule has 1 aliphatic rings. The smallest absolute Gasteiger partial charge is 0.261 e. The van der Waals surface area contributed by atoms with Crippen molar-refractivity contribution < 1.29 is 14.3 Å². The average Bonchev–Trinajstić information content (AvgIpc) is 2.94. The van der Waals surface area contributed by atoms with Crippen molar-refractivity contribution >= 4 is 23.2 Å². The van der Waals surface area contributed by atoms with Crippen molar-refractivity contribution in [1.82, 2.24) is 10.2 Å². The monoisotopic (exact) mass is 296 g/mol. The minimum absolute atomic E-state index is 0.0374. The van der Waals surface area contributed by atoms with Crippen molar-refractivity contribution in [2.45, 2.75) is 39.0 Å². The Kier molecular flexibility index (Phi) is 4.77. The van der Waals surface area contributed by atoms with Gasteiger partial charge in [0.1, 0.15) is 6.04 Å². The van der Waals surface area contributed by atoms with Crippen LogP contribution in [0.15, 0.2) is 17.5 Å². The van der Waals surface area contributed by atoms with Gasteiger partial charge < -0.3 is 15.0 Å². The number of carbonyl (C=O) groups excluding carboxylic acids is 2. The second kappa shape index (κ2) is 6.37. The largest absolute Gasteiger partial charge is 0.375 e. The number of nitrogens with zero attached hydrogens (tertiary/aromatic N) is 1. The van der Waals surface area contributed by atoms with Gasteiger partial charge in [0.25, 0.3) is 5.91 Å². The third kappa shape index (κ3) is 3.37. The Morgan fingerprint density at radius 1 is 1.50 bits per heavy atom. The minimum atomic E-state index is -0.530. The zero-order valence-corrected chi connectivity index (χ0v) is 12.8. The van der Waals surface area contributed by atoms with Gasteiger partial charge >= 0.3 is 0 Å². The molecule has 3 atom stereocenters. The molecule has 0 spiro atoms. The van der Waals surface area contributed by atoms with Crippen LogP contribution in [0.1, 0.15) is 30.4 Å². The number of carbonyl (C=O) groups is 2. The summed E-state index contributed by atoms with van der Waals surface area (Å²) in [4.78, 5) is 26.8. The van der Waals surface area contributed by atoms with Crippen LogP contribution in [-0.2, 0) is 9.53 Å². The molecule has 3 unspecified atom stereocenters. The molecule has 2 rings (SSSR count). The standard InChI is InChI=1S/C14H20N2O3S/c1-9-8-19-10(2)7-16(9)14(18)11(3)15-13(17)12-5-4-6-20-12/h4-6,9-11H,7-8H2,1-3H3,(H,15,17). The van der Waals surface area contributed by atoms with E-state index in [0.717, 1.165) is 0 Å². The maximum Gasteiger partial charge on any atom is 0.261 e. The van der Waals surface area contributed by atoms with Crippen molar-refractivity contribution in [3.8, 4) is 0 Å². The topological polar surface area (TPSA) is 58.6 Å². The van der Waals surface area contributed by atoms with E-state index in [1.807, 2.05) is 25.3 Å². The normalized spacial score (nSPS) is 24.2. The van der Waals surface area contributed by atoms with E-state index < -0.39 is 6.04 Å². The van der Waals surface area contributed by atoms with E-state index in [0.29, 0.717) is 18.0 Å². The lowest BCUT2D eigenvalue weighted by atomic mass is 10.1. The SMILES string of the molecule is CC1CN(C(=O)C(C)NC(=O)c2cccs2)C(C)CO1. The summed E-state index contributed by atoms with van der Waals surface area (Å²) in [6.07, 6.45) is 0.0374. The van der Waals surface area contributed by atoms with Crippen molar-refractivity contribution in [2.75, 3.05) is 13.2 Å². The number of ether oxygens (including phenoxy) is 1. The third-order valence-electron chi connectivity index (χ3n) is 3.35. The average molecular weight is 296 g/mol. The van der Waals surface area contributed by atoms with E-state index in [-0.39, 0.29) is 24.0 Å². The molecular formula is C14H20N2O3S. The summed E-state index contributed by atoms with van der Waals surface area (Å²) in [5, 5.41) is 4.59. The molecule has 1 aromatic rings. The molecular weight excluding hydrogens is 276 g/mol. The van der Waals surface area contributed by atoms with Gasteiger partial charge in [-0.3, -0.25) is 9.59 Å². The second-order valence-electron chi connectivity index (χ2n) is 5.16. The molecule has 2 amide bonds.